The summed E-state index contributed by atoms with van der Waals surface area (Å²) in [5.41, 5.74) is 1.73. The number of pyridine rings is 1. The molecule has 0 aliphatic rings. The van der Waals surface area contributed by atoms with E-state index in [1.165, 1.54) is 0 Å². The van der Waals surface area contributed by atoms with Crippen LogP contribution in [0.4, 0.5) is 0 Å². The SMILES string of the molecule is N#Cc1cccc(-c2cc(Cl)ccc2Cl)n1. The summed E-state index contributed by atoms with van der Waals surface area (Å²) in [7, 11) is 0. The molecule has 1 aromatic heterocycles. The molecule has 2 aromatic rings. The average molecular weight is 249 g/mol. The maximum Gasteiger partial charge on any atom is 0.141 e. The van der Waals surface area contributed by atoms with Crippen LogP contribution < -0.4 is 0 Å². The van der Waals surface area contributed by atoms with Crippen LogP contribution >= 0.6 is 23.2 Å². The highest BCUT2D eigenvalue weighted by atomic mass is 35.5. The van der Waals surface area contributed by atoms with Gasteiger partial charge >= 0.3 is 0 Å². The zero-order chi connectivity index (χ0) is 11.5. The normalized spacial score (nSPS) is 9.81. The Hall–Kier alpha value is -1.56. The average Bonchev–Trinajstić information content (AvgIpc) is 2.32. The number of aromatic nitrogens is 1. The highest BCUT2D eigenvalue weighted by Gasteiger charge is 2.06. The Kier molecular flexibility index (Phi) is 3.09. The molecule has 0 spiro atoms. The lowest BCUT2D eigenvalue weighted by atomic mass is 10.1. The van der Waals surface area contributed by atoms with E-state index in [-0.39, 0.29) is 0 Å². The second-order valence-electron chi connectivity index (χ2n) is 3.14. The largest absolute Gasteiger partial charge is 0.237 e. The molecule has 1 aromatic carbocycles. The van der Waals surface area contributed by atoms with Crippen molar-refractivity contribution in [3.05, 3.63) is 52.1 Å². The summed E-state index contributed by atoms with van der Waals surface area (Å²) in [5.74, 6) is 0. The highest BCUT2D eigenvalue weighted by molar-refractivity contribution is 6.35. The first kappa shape index (κ1) is 10.9. The van der Waals surface area contributed by atoms with Crippen molar-refractivity contribution < 1.29 is 0 Å². The molecule has 2 nitrogen and oxygen atoms in total. The summed E-state index contributed by atoms with van der Waals surface area (Å²) in [6.45, 7) is 0. The first-order valence-corrected chi connectivity index (χ1v) is 5.29. The van der Waals surface area contributed by atoms with Gasteiger partial charge in [0, 0.05) is 10.6 Å². The molecule has 1 heterocycles. The van der Waals surface area contributed by atoms with Gasteiger partial charge in [0.15, 0.2) is 0 Å². The molecule has 78 valence electrons. The monoisotopic (exact) mass is 248 g/mol. The smallest absolute Gasteiger partial charge is 0.141 e. The number of nitriles is 1. The van der Waals surface area contributed by atoms with Crippen molar-refractivity contribution in [3.8, 4) is 17.3 Å². The molecule has 16 heavy (non-hydrogen) atoms. The van der Waals surface area contributed by atoms with Gasteiger partial charge in [-0.15, -0.1) is 0 Å². The molecule has 0 fully saturated rings. The lowest BCUT2D eigenvalue weighted by Gasteiger charge is -2.04. The Morgan fingerprint density at radius 1 is 1.12 bits per heavy atom. The van der Waals surface area contributed by atoms with Crippen LogP contribution in [0.2, 0.25) is 10.0 Å². The molecule has 0 N–H and O–H groups in total. The molecule has 4 heteroatoms. The fourth-order valence-corrected chi connectivity index (χ4v) is 1.73. The van der Waals surface area contributed by atoms with Crippen LogP contribution in [-0.2, 0) is 0 Å². The van der Waals surface area contributed by atoms with Gasteiger partial charge < -0.3 is 0 Å². The first-order valence-electron chi connectivity index (χ1n) is 4.53. The zero-order valence-electron chi connectivity index (χ0n) is 8.11. The molecule has 0 aliphatic heterocycles. The van der Waals surface area contributed by atoms with Crippen LogP contribution in [0, 0.1) is 11.3 Å². The quantitative estimate of drug-likeness (QED) is 0.767. The molecule has 0 saturated carbocycles. The van der Waals surface area contributed by atoms with Gasteiger partial charge in [-0.25, -0.2) is 4.98 Å². The number of benzene rings is 1. The number of rotatable bonds is 1. The van der Waals surface area contributed by atoms with E-state index >= 15 is 0 Å². The Balaban J connectivity index is 2.58. The molecule has 0 atom stereocenters. The molecular formula is C12H6Cl2N2. The van der Waals surface area contributed by atoms with Gasteiger partial charge in [0.25, 0.3) is 0 Å². The van der Waals surface area contributed by atoms with Gasteiger partial charge in [-0.05, 0) is 30.3 Å². The van der Waals surface area contributed by atoms with E-state index in [0.29, 0.717) is 21.4 Å². The van der Waals surface area contributed by atoms with Crippen LogP contribution in [-0.4, -0.2) is 4.98 Å². The molecule has 0 bridgehead atoms. The second kappa shape index (κ2) is 4.52. The predicted molar refractivity (Wildman–Crippen MR) is 64.4 cm³/mol. The fourth-order valence-electron chi connectivity index (χ4n) is 1.34. The van der Waals surface area contributed by atoms with Crippen LogP contribution in [0.25, 0.3) is 11.3 Å². The number of nitrogens with zero attached hydrogens (tertiary/aromatic N) is 2. The third-order valence-electron chi connectivity index (χ3n) is 2.07. The van der Waals surface area contributed by atoms with Gasteiger partial charge in [0.1, 0.15) is 11.8 Å². The lowest BCUT2D eigenvalue weighted by Crippen LogP contribution is -1.87. The van der Waals surface area contributed by atoms with Crippen LogP contribution in [0.1, 0.15) is 5.69 Å². The van der Waals surface area contributed by atoms with Crippen molar-refractivity contribution in [1.29, 1.82) is 5.26 Å². The van der Waals surface area contributed by atoms with E-state index in [4.69, 9.17) is 28.5 Å². The number of hydrogen-bond acceptors (Lipinski definition) is 2. The Labute approximate surface area is 103 Å². The van der Waals surface area contributed by atoms with Crippen molar-refractivity contribution >= 4 is 23.2 Å². The number of hydrogen-bond donors (Lipinski definition) is 0. The molecular weight excluding hydrogens is 243 g/mol. The van der Waals surface area contributed by atoms with Crippen molar-refractivity contribution in [3.63, 3.8) is 0 Å². The Morgan fingerprint density at radius 3 is 2.69 bits per heavy atom. The minimum absolute atomic E-state index is 0.355. The topological polar surface area (TPSA) is 36.7 Å². The van der Waals surface area contributed by atoms with Gasteiger partial charge in [0.2, 0.25) is 0 Å². The predicted octanol–water partition coefficient (Wildman–Crippen LogP) is 3.93. The maximum atomic E-state index is 8.76. The summed E-state index contributed by atoms with van der Waals surface area (Å²) < 4.78 is 0. The summed E-state index contributed by atoms with van der Waals surface area (Å²) >= 11 is 11.9. The van der Waals surface area contributed by atoms with Gasteiger partial charge in [-0.2, -0.15) is 5.26 Å². The standard InChI is InChI=1S/C12H6Cl2N2/c13-8-4-5-11(14)10(6-8)12-3-1-2-9(7-15)16-12/h1-6H. The number of halogens is 2. The second-order valence-corrected chi connectivity index (χ2v) is 3.99. The lowest BCUT2D eigenvalue weighted by molar-refractivity contribution is 1.27. The third kappa shape index (κ3) is 2.16. The van der Waals surface area contributed by atoms with Crippen LogP contribution in [0.5, 0.6) is 0 Å². The van der Waals surface area contributed by atoms with Crippen molar-refractivity contribution in [1.82, 2.24) is 4.98 Å². The molecule has 0 amide bonds. The van der Waals surface area contributed by atoms with E-state index in [1.54, 1.807) is 36.4 Å². The van der Waals surface area contributed by atoms with Crippen molar-refractivity contribution in [2.24, 2.45) is 0 Å². The maximum absolute atomic E-state index is 8.76. The minimum Gasteiger partial charge on any atom is -0.237 e. The summed E-state index contributed by atoms with van der Waals surface area (Å²) in [5, 5.41) is 9.91. The van der Waals surface area contributed by atoms with Crippen molar-refractivity contribution in [2.45, 2.75) is 0 Å². The van der Waals surface area contributed by atoms with E-state index in [2.05, 4.69) is 4.98 Å². The van der Waals surface area contributed by atoms with Gasteiger partial charge in [0.05, 0.1) is 10.7 Å². The van der Waals surface area contributed by atoms with Crippen LogP contribution in [0.3, 0.4) is 0 Å². The van der Waals surface area contributed by atoms with E-state index < -0.39 is 0 Å². The molecule has 0 aliphatic carbocycles. The van der Waals surface area contributed by atoms with E-state index in [0.717, 1.165) is 5.56 Å². The van der Waals surface area contributed by atoms with E-state index in [1.807, 2.05) is 6.07 Å². The van der Waals surface area contributed by atoms with Crippen molar-refractivity contribution in [2.75, 3.05) is 0 Å². The summed E-state index contributed by atoms with van der Waals surface area (Å²) in [6.07, 6.45) is 0. The highest BCUT2D eigenvalue weighted by Crippen LogP contribution is 2.29. The summed E-state index contributed by atoms with van der Waals surface area (Å²) in [6, 6.07) is 12.3. The molecule has 0 saturated heterocycles. The molecule has 2 rings (SSSR count). The summed E-state index contributed by atoms with van der Waals surface area (Å²) in [4.78, 5) is 4.16. The fraction of sp³-hybridized carbons (Fsp3) is 0. The third-order valence-corrected chi connectivity index (χ3v) is 2.63. The van der Waals surface area contributed by atoms with E-state index in [9.17, 15) is 0 Å². The molecule has 0 radical (unpaired) electrons. The first-order chi connectivity index (χ1) is 7.70. The zero-order valence-corrected chi connectivity index (χ0v) is 9.63. The van der Waals surface area contributed by atoms with Crippen LogP contribution in [0.15, 0.2) is 36.4 Å². The Bertz CT molecular complexity index is 573. The van der Waals surface area contributed by atoms with Gasteiger partial charge in [-0.3, -0.25) is 0 Å². The molecule has 0 unspecified atom stereocenters. The Morgan fingerprint density at radius 2 is 1.94 bits per heavy atom. The minimum atomic E-state index is 0.355. The van der Waals surface area contributed by atoms with Gasteiger partial charge in [-0.1, -0.05) is 29.3 Å².